The van der Waals surface area contributed by atoms with Crippen LogP contribution in [0.4, 0.5) is 0 Å². The molecule has 0 radical (unpaired) electrons. The van der Waals surface area contributed by atoms with Crippen molar-refractivity contribution in [3.8, 4) is 0 Å². The molecule has 0 atom stereocenters. The molecule has 1 aromatic rings. The van der Waals surface area contributed by atoms with Crippen LogP contribution in [0, 0.1) is 12.8 Å². The van der Waals surface area contributed by atoms with Gasteiger partial charge in [0.15, 0.2) is 0 Å². The van der Waals surface area contributed by atoms with Gasteiger partial charge >= 0.3 is 0 Å². The van der Waals surface area contributed by atoms with Gasteiger partial charge in [-0.2, -0.15) is 0 Å². The average molecular weight is 257 g/mol. The van der Waals surface area contributed by atoms with Gasteiger partial charge in [0.1, 0.15) is 0 Å². The summed E-state index contributed by atoms with van der Waals surface area (Å²) in [4.78, 5) is 11.9. The number of rotatable bonds is 3. The van der Waals surface area contributed by atoms with Gasteiger partial charge in [0, 0.05) is 12.1 Å². The molecule has 1 fully saturated rings. The minimum atomic E-state index is 0.0288. The van der Waals surface area contributed by atoms with Gasteiger partial charge in [0.05, 0.1) is 0 Å². The van der Waals surface area contributed by atoms with E-state index in [4.69, 9.17) is 0 Å². The lowest BCUT2D eigenvalue weighted by Gasteiger charge is -2.26. The largest absolute Gasteiger partial charge is 0.350 e. The minimum absolute atomic E-state index is 0.0288. The maximum Gasteiger partial charge on any atom is 0.244 e. The predicted octanol–water partition coefficient (Wildman–Crippen LogP) is 3.70. The van der Waals surface area contributed by atoms with Gasteiger partial charge in [-0.3, -0.25) is 4.79 Å². The molecule has 0 aromatic heterocycles. The van der Waals surface area contributed by atoms with Crippen molar-refractivity contribution in [2.75, 3.05) is 0 Å². The van der Waals surface area contributed by atoms with E-state index in [1.807, 2.05) is 18.2 Å². The monoisotopic (exact) mass is 257 g/mol. The summed E-state index contributed by atoms with van der Waals surface area (Å²) in [6.07, 6.45) is 8.22. The molecule has 1 N–H and O–H groups in total. The van der Waals surface area contributed by atoms with E-state index in [9.17, 15) is 4.79 Å². The zero-order valence-electron chi connectivity index (χ0n) is 11.9. The summed E-state index contributed by atoms with van der Waals surface area (Å²) < 4.78 is 0. The molecule has 0 saturated heterocycles. The molecule has 2 heteroatoms. The summed E-state index contributed by atoms with van der Waals surface area (Å²) >= 11 is 0. The second kappa shape index (κ2) is 6.55. The Morgan fingerprint density at radius 3 is 2.68 bits per heavy atom. The average Bonchev–Trinajstić information content (AvgIpc) is 2.39. The van der Waals surface area contributed by atoms with Crippen molar-refractivity contribution < 1.29 is 4.79 Å². The molecule has 0 heterocycles. The molecule has 0 spiro atoms. The Bertz CT molecular complexity index is 456. The minimum Gasteiger partial charge on any atom is -0.350 e. The summed E-state index contributed by atoms with van der Waals surface area (Å²) in [6, 6.07) is 8.52. The number of hydrogen-bond donors (Lipinski definition) is 1. The van der Waals surface area contributed by atoms with E-state index in [0.717, 1.165) is 24.3 Å². The van der Waals surface area contributed by atoms with Crippen molar-refractivity contribution in [1.82, 2.24) is 5.32 Å². The molecular formula is C17H23NO. The first-order valence-electron chi connectivity index (χ1n) is 7.19. The predicted molar refractivity (Wildman–Crippen MR) is 79.8 cm³/mol. The SMILES string of the molecule is Cc1cccc(/C=C/C(=O)NC2CCC(C)CC2)c1. The third-order valence-electron chi connectivity index (χ3n) is 3.83. The lowest BCUT2D eigenvalue weighted by atomic mass is 9.87. The van der Waals surface area contributed by atoms with Crippen LogP contribution in [0.1, 0.15) is 43.7 Å². The van der Waals surface area contributed by atoms with Crippen LogP contribution >= 0.6 is 0 Å². The summed E-state index contributed by atoms with van der Waals surface area (Å²) in [5.41, 5.74) is 2.29. The Balaban J connectivity index is 1.84. The second-order valence-electron chi connectivity index (χ2n) is 5.71. The van der Waals surface area contributed by atoms with E-state index in [0.29, 0.717) is 6.04 Å². The number of amides is 1. The van der Waals surface area contributed by atoms with E-state index >= 15 is 0 Å². The molecule has 1 aliphatic carbocycles. The summed E-state index contributed by atoms with van der Waals surface area (Å²) in [5.74, 6) is 0.844. The van der Waals surface area contributed by atoms with Crippen LogP contribution in [-0.4, -0.2) is 11.9 Å². The fourth-order valence-corrected chi connectivity index (χ4v) is 2.60. The van der Waals surface area contributed by atoms with E-state index < -0.39 is 0 Å². The normalized spacial score (nSPS) is 23.5. The number of nitrogens with one attached hydrogen (secondary N) is 1. The van der Waals surface area contributed by atoms with Crippen molar-refractivity contribution in [2.45, 2.75) is 45.6 Å². The zero-order chi connectivity index (χ0) is 13.7. The smallest absolute Gasteiger partial charge is 0.244 e. The molecule has 2 nitrogen and oxygen atoms in total. The summed E-state index contributed by atoms with van der Waals surface area (Å²) in [7, 11) is 0. The highest BCUT2D eigenvalue weighted by atomic mass is 16.1. The number of carbonyl (C=O) groups excluding carboxylic acids is 1. The third kappa shape index (κ3) is 4.55. The van der Waals surface area contributed by atoms with Crippen LogP contribution in [-0.2, 0) is 4.79 Å². The van der Waals surface area contributed by atoms with E-state index in [2.05, 4.69) is 31.3 Å². The van der Waals surface area contributed by atoms with Crippen LogP contribution in [0.2, 0.25) is 0 Å². The molecule has 1 aromatic carbocycles. The fourth-order valence-electron chi connectivity index (χ4n) is 2.60. The molecule has 1 saturated carbocycles. The molecule has 0 unspecified atom stereocenters. The van der Waals surface area contributed by atoms with Gasteiger partial charge < -0.3 is 5.32 Å². The summed E-state index contributed by atoms with van der Waals surface area (Å²) in [5, 5.41) is 3.10. The topological polar surface area (TPSA) is 29.1 Å². The highest BCUT2D eigenvalue weighted by Crippen LogP contribution is 2.23. The highest BCUT2D eigenvalue weighted by molar-refractivity contribution is 5.91. The Hall–Kier alpha value is -1.57. The lowest BCUT2D eigenvalue weighted by molar-refractivity contribution is -0.117. The number of aryl methyl sites for hydroxylation is 1. The number of hydrogen-bond acceptors (Lipinski definition) is 1. The van der Waals surface area contributed by atoms with Gasteiger partial charge in [-0.1, -0.05) is 36.8 Å². The molecule has 0 bridgehead atoms. The van der Waals surface area contributed by atoms with Crippen LogP contribution < -0.4 is 5.32 Å². The number of benzene rings is 1. The van der Waals surface area contributed by atoms with Crippen molar-refractivity contribution in [1.29, 1.82) is 0 Å². The zero-order valence-corrected chi connectivity index (χ0v) is 11.9. The second-order valence-corrected chi connectivity index (χ2v) is 5.71. The Morgan fingerprint density at radius 1 is 1.26 bits per heavy atom. The number of carbonyl (C=O) groups is 1. The Kier molecular flexibility index (Phi) is 4.78. The van der Waals surface area contributed by atoms with Crippen molar-refractivity contribution in [2.24, 2.45) is 5.92 Å². The van der Waals surface area contributed by atoms with Crippen LogP contribution in [0.15, 0.2) is 30.3 Å². The van der Waals surface area contributed by atoms with Gasteiger partial charge in [-0.15, -0.1) is 0 Å². The molecule has 0 aliphatic heterocycles. The van der Waals surface area contributed by atoms with Gasteiger partial charge in [0.25, 0.3) is 0 Å². The lowest BCUT2D eigenvalue weighted by Crippen LogP contribution is -2.36. The first-order valence-corrected chi connectivity index (χ1v) is 7.19. The molecular weight excluding hydrogens is 234 g/mol. The van der Waals surface area contributed by atoms with Gasteiger partial charge in [0.2, 0.25) is 5.91 Å². The van der Waals surface area contributed by atoms with Gasteiger partial charge in [-0.25, -0.2) is 0 Å². The van der Waals surface area contributed by atoms with Crippen LogP contribution in [0.25, 0.3) is 6.08 Å². The van der Waals surface area contributed by atoms with Crippen LogP contribution in [0.3, 0.4) is 0 Å². The molecule has 1 amide bonds. The molecule has 19 heavy (non-hydrogen) atoms. The first-order chi connectivity index (χ1) is 9.13. The van der Waals surface area contributed by atoms with Crippen molar-refractivity contribution in [3.63, 3.8) is 0 Å². The molecule has 102 valence electrons. The maximum atomic E-state index is 11.9. The molecule has 1 aliphatic rings. The van der Waals surface area contributed by atoms with Crippen molar-refractivity contribution >= 4 is 12.0 Å². The fraction of sp³-hybridized carbons (Fsp3) is 0.471. The quantitative estimate of drug-likeness (QED) is 0.822. The van der Waals surface area contributed by atoms with Gasteiger partial charge in [-0.05, 0) is 50.2 Å². The Morgan fingerprint density at radius 2 is 2.00 bits per heavy atom. The standard InChI is InChI=1S/C17H23NO/c1-13-6-9-16(10-7-13)18-17(19)11-8-15-5-3-4-14(2)12-15/h3-5,8,11-13,16H,6-7,9-10H2,1-2H3,(H,18,19)/b11-8+. The third-order valence-corrected chi connectivity index (χ3v) is 3.83. The van der Waals surface area contributed by atoms with E-state index in [-0.39, 0.29) is 5.91 Å². The Labute approximate surface area is 115 Å². The maximum absolute atomic E-state index is 11.9. The molecule has 2 rings (SSSR count). The highest BCUT2D eigenvalue weighted by Gasteiger charge is 2.18. The first kappa shape index (κ1) is 13.9. The van der Waals surface area contributed by atoms with Crippen LogP contribution in [0.5, 0.6) is 0 Å². The summed E-state index contributed by atoms with van der Waals surface area (Å²) in [6.45, 7) is 4.34. The van der Waals surface area contributed by atoms with E-state index in [1.54, 1.807) is 6.08 Å². The van der Waals surface area contributed by atoms with E-state index in [1.165, 1.54) is 18.4 Å². The van der Waals surface area contributed by atoms with Crippen molar-refractivity contribution in [3.05, 3.63) is 41.5 Å².